The monoisotopic (exact) mass is 403 g/mol. The van der Waals surface area contributed by atoms with Gasteiger partial charge in [-0.3, -0.25) is 4.90 Å². The standard InChI is InChI=1S/C23H29NO3.ClH/c1-18(20-4-8-22(25-3)9-5-20)19(2)21-6-10-23(11-7-21)27-17-14-24-12-15-26-16-13-24;/h4-11H,12-17H2,1-3H3;1H/b19-18+;. The van der Waals surface area contributed by atoms with Gasteiger partial charge in [0.1, 0.15) is 18.1 Å². The summed E-state index contributed by atoms with van der Waals surface area (Å²) in [4.78, 5) is 2.38. The van der Waals surface area contributed by atoms with Crippen molar-refractivity contribution in [3.63, 3.8) is 0 Å². The van der Waals surface area contributed by atoms with Crippen LogP contribution in [0.25, 0.3) is 11.1 Å². The molecule has 1 heterocycles. The number of allylic oxidation sites excluding steroid dienone is 2. The molecule has 0 bridgehead atoms. The molecule has 5 heteroatoms. The van der Waals surface area contributed by atoms with Crippen molar-refractivity contribution in [1.82, 2.24) is 4.90 Å². The van der Waals surface area contributed by atoms with Crippen molar-refractivity contribution in [2.75, 3.05) is 46.6 Å². The SMILES string of the molecule is COc1ccc(/C(C)=C(\C)c2ccc(OCCN3CCOCC3)cc2)cc1.Cl. The van der Waals surface area contributed by atoms with Crippen LogP contribution in [0.4, 0.5) is 0 Å². The fraction of sp³-hybridized carbons (Fsp3) is 0.391. The van der Waals surface area contributed by atoms with Crippen LogP contribution in [0.2, 0.25) is 0 Å². The van der Waals surface area contributed by atoms with Crippen molar-refractivity contribution >= 4 is 23.6 Å². The third-order valence-corrected chi connectivity index (χ3v) is 5.15. The topological polar surface area (TPSA) is 30.9 Å². The molecule has 0 unspecified atom stereocenters. The number of morpholine rings is 1. The Kier molecular flexibility index (Phi) is 8.84. The molecule has 0 N–H and O–H groups in total. The van der Waals surface area contributed by atoms with Crippen molar-refractivity contribution in [3.05, 3.63) is 59.7 Å². The van der Waals surface area contributed by atoms with E-state index in [2.05, 4.69) is 55.1 Å². The van der Waals surface area contributed by atoms with Gasteiger partial charge in [-0.05, 0) is 60.4 Å². The summed E-state index contributed by atoms with van der Waals surface area (Å²) in [6.45, 7) is 9.62. The predicted molar refractivity (Wildman–Crippen MR) is 118 cm³/mol. The van der Waals surface area contributed by atoms with E-state index < -0.39 is 0 Å². The normalized spacial score (nSPS) is 15.4. The number of benzene rings is 2. The Morgan fingerprint density at radius 3 is 1.86 bits per heavy atom. The van der Waals surface area contributed by atoms with Crippen molar-refractivity contribution in [1.29, 1.82) is 0 Å². The predicted octanol–water partition coefficient (Wildman–Crippen LogP) is 4.78. The van der Waals surface area contributed by atoms with Gasteiger partial charge in [0.25, 0.3) is 0 Å². The molecule has 4 nitrogen and oxygen atoms in total. The number of methoxy groups -OCH3 is 1. The quantitative estimate of drug-likeness (QED) is 0.622. The first-order chi connectivity index (χ1) is 13.2. The molecule has 2 aromatic rings. The minimum atomic E-state index is 0. The van der Waals surface area contributed by atoms with Crippen LogP contribution in [0.3, 0.4) is 0 Å². The van der Waals surface area contributed by atoms with Crippen molar-refractivity contribution in [2.24, 2.45) is 0 Å². The van der Waals surface area contributed by atoms with Crippen LogP contribution in [0.1, 0.15) is 25.0 Å². The summed E-state index contributed by atoms with van der Waals surface area (Å²) in [6.07, 6.45) is 0. The second-order valence-corrected chi connectivity index (χ2v) is 6.81. The van der Waals surface area contributed by atoms with E-state index in [0.29, 0.717) is 6.61 Å². The lowest BCUT2D eigenvalue weighted by atomic mass is 9.97. The third-order valence-electron chi connectivity index (χ3n) is 5.15. The van der Waals surface area contributed by atoms with Crippen LogP contribution in [0, 0.1) is 0 Å². The molecule has 1 aliphatic heterocycles. The molecule has 152 valence electrons. The fourth-order valence-corrected chi connectivity index (χ4v) is 3.19. The van der Waals surface area contributed by atoms with Gasteiger partial charge < -0.3 is 14.2 Å². The summed E-state index contributed by atoms with van der Waals surface area (Å²) < 4.78 is 16.5. The summed E-state index contributed by atoms with van der Waals surface area (Å²) in [5, 5.41) is 0. The lowest BCUT2D eigenvalue weighted by Gasteiger charge is -2.26. The second kappa shape index (κ2) is 11.1. The molecule has 0 aliphatic carbocycles. The molecule has 3 rings (SSSR count). The number of ether oxygens (including phenoxy) is 3. The van der Waals surface area contributed by atoms with Gasteiger partial charge in [0.2, 0.25) is 0 Å². The van der Waals surface area contributed by atoms with E-state index in [4.69, 9.17) is 14.2 Å². The lowest BCUT2D eigenvalue weighted by Crippen LogP contribution is -2.38. The summed E-state index contributed by atoms with van der Waals surface area (Å²) in [7, 11) is 1.69. The number of hydrogen-bond acceptors (Lipinski definition) is 4. The third kappa shape index (κ3) is 5.99. The van der Waals surface area contributed by atoms with E-state index in [0.717, 1.165) is 44.3 Å². The van der Waals surface area contributed by atoms with E-state index in [9.17, 15) is 0 Å². The van der Waals surface area contributed by atoms with Gasteiger partial charge in [0, 0.05) is 19.6 Å². The first kappa shape index (κ1) is 22.3. The van der Waals surface area contributed by atoms with E-state index in [-0.39, 0.29) is 12.4 Å². The van der Waals surface area contributed by atoms with Gasteiger partial charge in [0.15, 0.2) is 0 Å². The van der Waals surface area contributed by atoms with Crippen LogP contribution in [-0.4, -0.2) is 51.5 Å². The van der Waals surface area contributed by atoms with Gasteiger partial charge in [-0.1, -0.05) is 24.3 Å². The zero-order valence-corrected chi connectivity index (χ0v) is 17.8. The first-order valence-electron chi connectivity index (χ1n) is 9.52. The maximum Gasteiger partial charge on any atom is 0.119 e. The Bertz CT molecular complexity index is 750. The van der Waals surface area contributed by atoms with Crippen molar-refractivity contribution < 1.29 is 14.2 Å². The van der Waals surface area contributed by atoms with Gasteiger partial charge >= 0.3 is 0 Å². The molecule has 0 saturated carbocycles. The Balaban J connectivity index is 0.00000280. The van der Waals surface area contributed by atoms with Gasteiger partial charge in [-0.25, -0.2) is 0 Å². The van der Waals surface area contributed by atoms with E-state index in [1.807, 2.05) is 12.1 Å². The Labute approximate surface area is 174 Å². The van der Waals surface area contributed by atoms with Crippen LogP contribution < -0.4 is 9.47 Å². The highest BCUT2D eigenvalue weighted by Crippen LogP contribution is 2.28. The molecule has 0 amide bonds. The second-order valence-electron chi connectivity index (χ2n) is 6.81. The molecule has 1 aliphatic rings. The van der Waals surface area contributed by atoms with Crippen LogP contribution in [-0.2, 0) is 4.74 Å². The average Bonchev–Trinajstić information content (AvgIpc) is 2.74. The molecule has 2 aromatic carbocycles. The van der Waals surface area contributed by atoms with Gasteiger partial charge in [-0.2, -0.15) is 0 Å². The van der Waals surface area contributed by atoms with Gasteiger partial charge in [-0.15, -0.1) is 12.4 Å². The van der Waals surface area contributed by atoms with E-state index >= 15 is 0 Å². The van der Waals surface area contributed by atoms with Gasteiger partial charge in [0.05, 0.1) is 20.3 Å². The number of rotatable bonds is 7. The smallest absolute Gasteiger partial charge is 0.119 e. The fourth-order valence-electron chi connectivity index (χ4n) is 3.19. The largest absolute Gasteiger partial charge is 0.497 e. The minimum Gasteiger partial charge on any atom is -0.497 e. The van der Waals surface area contributed by atoms with E-state index in [1.165, 1.54) is 22.3 Å². The molecule has 0 aromatic heterocycles. The van der Waals surface area contributed by atoms with Crippen LogP contribution in [0.5, 0.6) is 11.5 Å². The number of halogens is 1. The maximum atomic E-state index is 5.90. The average molecular weight is 404 g/mol. The number of nitrogens with zero attached hydrogens (tertiary/aromatic N) is 1. The highest BCUT2D eigenvalue weighted by molar-refractivity contribution is 5.89. The van der Waals surface area contributed by atoms with Crippen molar-refractivity contribution in [3.8, 4) is 11.5 Å². The summed E-state index contributed by atoms with van der Waals surface area (Å²) in [5.41, 5.74) is 4.95. The Morgan fingerprint density at radius 1 is 0.857 bits per heavy atom. The van der Waals surface area contributed by atoms with E-state index in [1.54, 1.807) is 7.11 Å². The highest BCUT2D eigenvalue weighted by atomic mass is 35.5. The summed E-state index contributed by atoms with van der Waals surface area (Å²) >= 11 is 0. The molecule has 0 spiro atoms. The summed E-state index contributed by atoms with van der Waals surface area (Å²) in [6, 6.07) is 16.6. The molecular formula is C23H30ClNO3. The van der Waals surface area contributed by atoms with Crippen molar-refractivity contribution in [2.45, 2.75) is 13.8 Å². The molecule has 0 radical (unpaired) electrons. The molecule has 1 fully saturated rings. The molecular weight excluding hydrogens is 374 g/mol. The molecule has 28 heavy (non-hydrogen) atoms. The lowest BCUT2D eigenvalue weighted by molar-refractivity contribution is 0.0322. The van der Waals surface area contributed by atoms with Crippen LogP contribution in [0.15, 0.2) is 48.5 Å². The molecule has 0 atom stereocenters. The zero-order valence-electron chi connectivity index (χ0n) is 16.9. The Hall–Kier alpha value is -2.01. The highest BCUT2D eigenvalue weighted by Gasteiger charge is 2.10. The molecule has 1 saturated heterocycles. The minimum absolute atomic E-state index is 0. The summed E-state index contributed by atoms with van der Waals surface area (Å²) in [5.74, 6) is 1.80. The van der Waals surface area contributed by atoms with Crippen LogP contribution >= 0.6 is 12.4 Å². The number of hydrogen-bond donors (Lipinski definition) is 0. The Morgan fingerprint density at radius 2 is 1.36 bits per heavy atom. The first-order valence-corrected chi connectivity index (χ1v) is 9.52. The zero-order chi connectivity index (χ0) is 19.1. The maximum absolute atomic E-state index is 5.90.